The van der Waals surface area contributed by atoms with Gasteiger partial charge in [-0.05, 0) is 33.7 Å². The number of hydrogen-bond acceptors (Lipinski definition) is 4. The predicted molar refractivity (Wildman–Crippen MR) is 115 cm³/mol. The van der Waals surface area contributed by atoms with Gasteiger partial charge >= 0.3 is 0 Å². The molecule has 1 aliphatic rings. The predicted octanol–water partition coefficient (Wildman–Crippen LogP) is 4.72. The maximum Gasteiger partial charge on any atom is 0.135 e. The number of phenols is 1. The van der Waals surface area contributed by atoms with Crippen LogP contribution in [0.2, 0.25) is 0 Å². The molecule has 4 aromatic rings. The molecule has 1 heterocycles. The van der Waals surface area contributed by atoms with Crippen molar-refractivity contribution in [3.63, 3.8) is 0 Å². The van der Waals surface area contributed by atoms with E-state index in [4.69, 9.17) is 4.74 Å². The fourth-order valence-electron chi connectivity index (χ4n) is 4.03. The van der Waals surface area contributed by atoms with Gasteiger partial charge in [-0.2, -0.15) is 0 Å². The lowest BCUT2D eigenvalue weighted by atomic mass is 9.90. The molecule has 0 atom stereocenters. The van der Waals surface area contributed by atoms with Gasteiger partial charge in [-0.15, -0.1) is 0 Å². The van der Waals surface area contributed by atoms with Gasteiger partial charge in [-0.3, -0.25) is 4.99 Å². The number of phenolic OH excluding ortho intramolecular Hbond substituents is 1. The van der Waals surface area contributed by atoms with Gasteiger partial charge in [0.05, 0.1) is 19.2 Å². The van der Waals surface area contributed by atoms with E-state index in [0.717, 1.165) is 56.4 Å². The summed E-state index contributed by atoms with van der Waals surface area (Å²) in [6, 6.07) is 22.3. The molecule has 0 aromatic heterocycles. The summed E-state index contributed by atoms with van der Waals surface area (Å²) in [6.07, 6.45) is 0. The van der Waals surface area contributed by atoms with Gasteiger partial charge in [0.25, 0.3) is 0 Å². The molecule has 28 heavy (non-hydrogen) atoms. The van der Waals surface area contributed by atoms with Crippen LogP contribution in [-0.2, 0) is 0 Å². The van der Waals surface area contributed by atoms with Crippen molar-refractivity contribution in [2.45, 2.75) is 0 Å². The van der Waals surface area contributed by atoms with Crippen LogP contribution >= 0.6 is 0 Å². The van der Waals surface area contributed by atoms with Crippen LogP contribution in [0.5, 0.6) is 11.5 Å². The second-order valence-electron chi connectivity index (χ2n) is 6.89. The second-order valence-corrected chi connectivity index (χ2v) is 6.89. The van der Waals surface area contributed by atoms with Crippen molar-refractivity contribution in [1.29, 1.82) is 0 Å². The van der Waals surface area contributed by atoms with Crippen molar-refractivity contribution in [3.8, 4) is 22.6 Å². The number of nitrogens with zero attached hydrogens (tertiary/aromatic N) is 1. The first-order chi connectivity index (χ1) is 13.8. The highest BCUT2D eigenvalue weighted by Crippen LogP contribution is 2.46. The minimum absolute atomic E-state index is 0.224. The van der Waals surface area contributed by atoms with Crippen molar-refractivity contribution < 1.29 is 9.84 Å². The second kappa shape index (κ2) is 6.57. The molecular formula is C24H20N2O2. The van der Waals surface area contributed by atoms with Gasteiger partial charge in [0.15, 0.2) is 0 Å². The van der Waals surface area contributed by atoms with Gasteiger partial charge < -0.3 is 15.2 Å². The summed E-state index contributed by atoms with van der Waals surface area (Å²) >= 11 is 0. The van der Waals surface area contributed by atoms with Crippen molar-refractivity contribution in [2.75, 3.05) is 20.2 Å². The highest BCUT2D eigenvalue weighted by atomic mass is 16.5. The highest BCUT2D eigenvalue weighted by Gasteiger charge is 2.23. The SMILES string of the molecule is COc1ccc2ccccc2c1-c1c(O)c(C2=NCCN2)cc2ccccc12. The molecule has 138 valence electrons. The maximum absolute atomic E-state index is 11.4. The zero-order valence-corrected chi connectivity index (χ0v) is 15.6. The Morgan fingerprint density at radius 2 is 1.61 bits per heavy atom. The van der Waals surface area contributed by atoms with Crippen molar-refractivity contribution >= 4 is 27.4 Å². The van der Waals surface area contributed by atoms with E-state index in [1.807, 2.05) is 48.5 Å². The normalized spacial score (nSPS) is 13.5. The summed E-state index contributed by atoms with van der Waals surface area (Å²) in [7, 11) is 1.67. The number of hydrogen-bond donors (Lipinski definition) is 2. The van der Waals surface area contributed by atoms with E-state index in [9.17, 15) is 5.11 Å². The Morgan fingerprint density at radius 3 is 2.32 bits per heavy atom. The Kier molecular flexibility index (Phi) is 3.90. The number of aromatic hydroxyl groups is 1. The number of fused-ring (bicyclic) bond motifs is 2. The third-order valence-electron chi connectivity index (χ3n) is 5.31. The molecule has 1 aliphatic heterocycles. The van der Waals surface area contributed by atoms with E-state index < -0.39 is 0 Å². The lowest BCUT2D eigenvalue weighted by Gasteiger charge is -2.18. The maximum atomic E-state index is 11.4. The molecule has 0 unspecified atom stereocenters. The van der Waals surface area contributed by atoms with Crippen LogP contribution in [0.1, 0.15) is 5.56 Å². The van der Waals surface area contributed by atoms with Gasteiger partial charge in [0.1, 0.15) is 17.3 Å². The van der Waals surface area contributed by atoms with Crippen LogP contribution < -0.4 is 10.1 Å². The molecular weight excluding hydrogens is 348 g/mol. The van der Waals surface area contributed by atoms with E-state index in [2.05, 4.69) is 28.5 Å². The van der Waals surface area contributed by atoms with Gasteiger partial charge in [-0.25, -0.2) is 0 Å². The fourth-order valence-corrected chi connectivity index (χ4v) is 4.03. The van der Waals surface area contributed by atoms with E-state index in [0.29, 0.717) is 6.54 Å². The first-order valence-electron chi connectivity index (χ1n) is 9.37. The molecule has 4 nitrogen and oxygen atoms in total. The van der Waals surface area contributed by atoms with E-state index in [-0.39, 0.29) is 5.75 Å². The summed E-state index contributed by atoms with van der Waals surface area (Å²) in [4.78, 5) is 4.53. The van der Waals surface area contributed by atoms with Crippen molar-refractivity contribution in [2.24, 2.45) is 4.99 Å². The molecule has 4 heteroatoms. The summed E-state index contributed by atoms with van der Waals surface area (Å²) < 4.78 is 5.72. The number of nitrogens with one attached hydrogen (secondary N) is 1. The number of amidine groups is 1. The molecule has 0 spiro atoms. The Morgan fingerprint density at radius 1 is 0.893 bits per heavy atom. The van der Waals surface area contributed by atoms with Crippen LogP contribution in [0.25, 0.3) is 32.7 Å². The quantitative estimate of drug-likeness (QED) is 0.550. The molecule has 5 rings (SSSR count). The summed E-state index contributed by atoms with van der Waals surface area (Å²) in [5.41, 5.74) is 2.40. The zero-order chi connectivity index (χ0) is 19.1. The number of methoxy groups -OCH3 is 1. The number of rotatable bonds is 3. The third-order valence-corrected chi connectivity index (χ3v) is 5.31. The molecule has 0 aliphatic carbocycles. The Bertz CT molecular complexity index is 1240. The minimum atomic E-state index is 0.224. The third kappa shape index (κ3) is 2.49. The van der Waals surface area contributed by atoms with Gasteiger partial charge in [0.2, 0.25) is 0 Å². The lowest BCUT2D eigenvalue weighted by molar-refractivity contribution is 0.416. The minimum Gasteiger partial charge on any atom is -0.507 e. The molecule has 0 fully saturated rings. The van der Waals surface area contributed by atoms with Crippen LogP contribution in [0.4, 0.5) is 0 Å². The lowest BCUT2D eigenvalue weighted by Crippen LogP contribution is -2.19. The Balaban J connectivity index is 1.95. The van der Waals surface area contributed by atoms with E-state index in [1.165, 1.54) is 0 Å². The number of ether oxygens (including phenoxy) is 1. The van der Waals surface area contributed by atoms with Gasteiger partial charge in [-0.1, -0.05) is 54.6 Å². The Labute approximate surface area is 163 Å². The smallest absolute Gasteiger partial charge is 0.135 e. The number of benzene rings is 4. The van der Waals surface area contributed by atoms with Crippen LogP contribution in [-0.4, -0.2) is 31.1 Å². The Hall–Kier alpha value is -3.53. The van der Waals surface area contributed by atoms with E-state index >= 15 is 0 Å². The summed E-state index contributed by atoms with van der Waals surface area (Å²) in [6.45, 7) is 1.50. The molecule has 4 aromatic carbocycles. The van der Waals surface area contributed by atoms with E-state index in [1.54, 1.807) is 7.11 Å². The van der Waals surface area contributed by atoms with Gasteiger partial charge in [0, 0.05) is 17.7 Å². The highest BCUT2D eigenvalue weighted by molar-refractivity contribution is 6.15. The van der Waals surface area contributed by atoms with Crippen molar-refractivity contribution in [1.82, 2.24) is 5.32 Å². The molecule has 0 saturated heterocycles. The topological polar surface area (TPSA) is 53.9 Å². The van der Waals surface area contributed by atoms with Crippen LogP contribution in [0.15, 0.2) is 71.7 Å². The summed E-state index contributed by atoms with van der Waals surface area (Å²) in [5.74, 6) is 1.70. The average molecular weight is 368 g/mol. The molecule has 2 N–H and O–H groups in total. The first-order valence-corrected chi connectivity index (χ1v) is 9.37. The largest absolute Gasteiger partial charge is 0.507 e. The summed E-state index contributed by atoms with van der Waals surface area (Å²) in [5, 5.41) is 18.9. The van der Waals surface area contributed by atoms with Crippen molar-refractivity contribution in [3.05, 3.63) is 72.3 Å². The zero-order valence-electron chi connectivity index (χ0n) is 15.6. The molecule has 0 radical (unpaired) electrons. The molecule has 0 saturated carbocycles. The first kappa shape index (κ1) is 16.6. The molecule has 0 amide bonds. The number of aliphatic imine (C=N–C) groups is 1. The average Bonchev–Trinajstić information content (AvgIpc) is 3.27. The van der Waals surface area contributed by atoms with Crippen LogP contribution in [0.3, 0.4) is 0 Å². The standard InChI is InChI=1S/C24H20N2O2/c1-28-20-11-10-15-6-2-4-8-17(15)21(20)22-18-9-5-3-7-16(18)14-19(23(22)27)24-25-12-13-26-24/h2-11,14,27H,12-13H2,1H3,(H,25,26). The monoisotopic (exact) mass is 368 g/mol. The van der Waals surface area contributed by atoms with Crippen LogP contribution in [0, 0.1) is 0 Å². The fraction of sp³-hybridized carbons (Fsp3) is 0.125. The molecule has 0 bridgehead atoms.